The number of para-hydroxylation sites is 4. The monoisotopic (exact) mass is 456 g/mol. The van der Waals surface area contributed by atoms with E-state index in [1.165, 1.54) is 76.2 Å². The zero-order valence-corrected chi connectivity index (χ0v) is 19.4. The summed E-state index contributed by atoms with van der Waals surface area (Å²) >= 11 is 0. The van der Waals surface area contributed by atoms with Gasteiger partial charge in [0.1, 0.15) is 0 Å². The molecule has 0 aliphatic heterocycles. The fourth-order valence-corrected chi connectivity index (χ4v) is 6.63. The molecule has 0 saturated heterocycles. The maximum Gasteiger partial charge on any atom is 0.0782 e. The van der Waals surface area contributed by atoms with Gasteiger partial charge in [0.25, 0.3) is 0 Å². The quantitative estimate of drug-likeness (QED) is 0.215. The van der Waals surface area contributed by atoms with Crippen LogP contribution in [0.5, 0.6) is 0 Å². The van der Waals surface area contributed by atoms with Gasteiger partial charge in [-0.15, -0.1) is 0 Å². The van der Waals surface area contributed by atoms with Crippen molar-refractivity contribution in [1.29, 1.82) is 0 Å². The van der Waals surface area contributed by atoms with Crippen molar-refractivity contribution < 1.29 is 0 Å². The van der Waals surface area contributed by atoms with Crippen LogP contribution in [0.4, 0.5) is 0 Å². The summed E-state index contributed by atoms with van der Waals surface area (Å²) in [6.45, 7) is 0. The molecule has 2 heteroatoms. The largest absolute Gasteiger partial charge is 0.307 e. The minimum atomic E-state index is 1.22. The summed E-state index contributed by atoms with van der Waals surface area (Å²) in [6.07, 6.45) is 0. The lowest BCUT2D eigenvalue weighted by Crippen LogP contribution is -1.93. The van der Waals surface area contributed by atoms with Crippen molar-refractivity contribution in [3.63, 3.8) is 0 Å². The molecule has 0 fully saturated rings. The van der Waals surface area contributed by atoms with E-state index in [1.54, 1.807) is 0 Å². The molecule has 9 rings (SSSR count). The van der Waals surface area contributed by atoms with Crippen LogP contribution in [0.25, 0.3) is 76.2 Å². The minimum Gasteiger partial charge on any atom is -0.307 e. The molecule has 0 aliphatic carbocycles. The van der Waals surface area contributed by atoms with Gasteiger partial charge in [-0.25, -0.2) is 0 Å². The molecule has 0 aliphatic rings. The molecule has 0 spiro atoms. The van der Waals surface area contributed by atoms with Crippen molar-refractivity contribution in [3.8, 4) is 0 Å². The van der Waals surface area contributed by atoms with Crippen molar-refractivity contribution >= 4 is 76.2 Å². The number of fused-ring (bicyclic) bond motifs is 12. The van der Waals surface area contributed by atoms with Gasteiger partial charge in [0.15, 0.2) is 0 Å². The molecule has 0 N–H and O–H groups in total. The SMILES string of the molecule is c1ccc2c(c1)ccc1c2c2cccc3c4ccccc4n4c5ccccc5c5cccc(c54)n1c32. The molecule has 0 amide bonds. The van der Waals surface area contributed by atoms with Crippen LogP contribution in [0.1, 0.15) is 0 Å². The molecule has 0 radical (unpaired) electrons. The molecule has 0 atom stereocenters. The molecule has 3 aromatic heterocycles. The second kappa shape index (κ2) is 6.44. The number of hydrogen-bond acceptors (Lipinski definition) is 0. The van der Waals surface area contributed by atoms with Gasteiger partial charge in [0, 0.05) is 32.3 Å². The first-order valence-corrected chi connectivity index (χ1v) is 12.5. The summed E-state index contributed by atoms with van der Waals surface area (Å²) in [4.78, 5) is 0. The molecule has 0 unspecified atom stereocenters. The van der Waals surface area contributed by atoms with Gasteiger partial charge in [-0.05, 0) is 35.0 Å². The molecule has 36 heavy (non-hydrogen) atoms. The standard InChI is InChI=1S/C34H20N2/c1-2-10-22-21(9-1)19-20-30-32(22)27-15-7-13-25-23-11-3-5-16-28(23)35-29-17-6-4-12-24(29)26-14-8-18-31(34(26)35)36(30)33(25)27/h1-20H. The molecule has 9 aromatic rings. The number of nitrogens with zero attached hydrogens (tertiary/aromatic N) is 2. The van der Waals surface area contributed by atoms with Crippen molar-refractivity contribution in [3.05, 3.63) is 121 Å². The Bertz CT molecular complexity index is 2370. The molecule has 3 heterocycles. The van der Waals surface area contributed by atoms with Gasteiger partial charge < -0.3 is 8.80 Å². The molecule has 2 nitrogen and oxygen atoms in total. The predicted octanol–water partition coefficient (Wildman–Crippen LogP) is 9.11. The lowest BCUT2D eigenvalue weighted by Gasteiger charge is -2.10. The highest BCUT2D eigenvalue weighted by atomic mass is 15.0. The lowest BCUT2D eigenvalue weighted by molar-refractivity contribution is 1.30. The first-order valence-electron chi connectivity index (χ1n) is 12.5. The molecular formula is C34H20N2. The Morgan fingerprint density at radius 1 is 0.306 bits per heavy atom. The highest BCUT2D eigenvalue weighted by Crippen LogP contribution is 2.41. The van der Waals surface area contributed by atoms with Crippen LogP contribution in [-0.2, 0) is 0 Å². The van der Waals surface area contributed by atoms with Crippen LogP contribution in [0.15, 0.2) is 121 Å². The second-order valence-corrected chi connectivity index (χ2v) is 9.76. The third kappa shape index (κ3) is 2.09. The second-order valence-electron chi connectivity index (χ2n) is 9.76. The summed E-state index contributed by atoms with van der Waals surface area (Å²) in [5.41, 5.74) is 7.48. The third-order valence-corrected chi connectivity index (χ3v) is 8.03. The van der Waals surface area contributed by atoms with Gasteiger partial charge in [0.2, 0.25) is 0 Å². The van der Waals surface area contributed by atoms with E-state index in [0.29, 0.717) is 0 Å². The van der Waals surface area contributed by atoms with Crippen molar-refractivity contribution in [2.24, 2.45) is 0 Å². The first-order chi connectivity index (χ1) is 17.9. The van der Waals surface area contributed by atoms with Crippen molar-refractivity contribution in [1.82, 2.24) is 8.80 Å². The van der Waals surface area contributed by atoms with E-state index in [0.717, 1.165) is 0 Å². The summed E-state index contributed by atoms with van der Waals surface area (Å²) in [7, 11) is 0. The van der Waals surface area contributed by atoms with Gasteiger partial charge in [-0.3, -0.25) is 0 Å². The maximum atomic E-state index is 2.51. The van der Waals surface area contributed by atoms with Crippen LogP contribution in [0.2, 0.25) is 0 Å². The minimum absolute atomic E-state index is 1.22. The van der Waals surface area contributed by atoms with Gasteiger partial charge in [-0.2, -0.15) is 0 Å². The highest BCUT2D eigenvalue weighted by molar-refractivity contribution is 6.27. The van der Waals surface area contributed by atoms with Crippen LogP contribution < -0.4 is 0 Å². The predicted molar refractivity (Wildman–Crippen MR) is 153 cm³/mol. The van der Waals surface area contributed by atoms with Crippen molar-refractivity contribution in [2.45, 2.75) is 0 Å². The van der Waals surface area contributed by atoms with E-state index in [4.69, 9.17) is 0 Å². The summed E-state index contributed by atoms with van der Waals surface area (Å²) in [5, 5.41) is 10.3. The van der Waals surface area contributed by atoms with Crippen LogP contribution in [0.3, 0.4) is 0 Å². The molecular weight excluding hydrogens is 436 g/mol. The van der Waals surface area contributed by atoms with Crippen molar-refractivity contribution in [2.75, 3.05) is 0 Å². The zero-order chi connectivity index (χ0) is 23.4. The number of rotatable bonds is 0. The van der Waals surface area contributed by atoms with Gasteiger partial charge in [0.05, 0.1) is 33.1 Å². The number of benzene rings is 6. The van der Waals surface area contributed by atoms with E-state index in [-0.39, 0.29) is 0 Å². The Labute approximate surface area is 206 Å². The van der Waals surface area contributed by atoms with E-state index in [9.17, 15) is 0 Å². The van der Waals surface area contributed by atoms with Gasteiger partial charge in [-0.1, -0.05) is 97.1 Å². The molecule has 6 aromatic carbocycles. The van der Waals surface area contributed by atoms with E-state index in [1.807, 2.05) is 0 Å². The Kier molecular flexibility index (Phi) is 3.31. The normalized spacial score (nSPS) is 12.4. The number of hydrogen-bond donors (Lipinski definition) is 0. The smallest absolute Gasteiger partial charge is 0.0782 e. The summed E-state index contributed by atoms with van der Waals surface area (Å²) in [5.74, 6) is 0. The van der Waals surface area contributed by atoms with Crippen LogP contribution in [-0.4, -0.2) is 8.80 Å². The summed E-state index contributed by atoms with van der Waals surface area (Å²) in [6, 6.07) is 44.6. The average molecular weight is 457 g/mol. The molecule has 166 valence electrons. The Balaban J connectivity index is 1.78. The Morgan fingerprint density at radius 2 is 0.833 bits per heavy atom. The topological polar surface area (TPSA) is 8.82 Å². The molecule has 0 saturated carbocycles. The van der Waals surface area contributed by atoms with Crippen LogP contribution >= 0.6 is 0 Å². The fraction of sp³-hybridized carbons (Fsp3) is 0. The third-order valence-electron chi connectivity index (χ3n) is 8.03. The van der Waals surface area contributed by atoms with Crippen LogP contribution in [0, 0.1) is 0 Å². The highest BCUT2D eigenvalue weighted by Gasteiger charge is 2.19. The first kappa shape index (κ1) is 18.5. The molecule has 0 bridgehead atoms. The van der Waals surface area contributed by atoms with Gasteiger partial charge >= 0.3 is 0 Å². The van der Waals surface area contributed by atoms with E-state index >= 15 is 0 Å². The zero-order valence-electron chi connectivity index (χ0n) is 19.4. The Hall–Kier alpha value is -4.82. The maximum absolute atomic E-state index is 2.51. The lowest BCUT2D eigenvalue weighted by atomic mass is 10.0. The summed E-state index contributed by atoms with van der Waals surface area (Å²) < 4.78 is 4.99. The number of aromatic nitrogens is 2. The fourth-order valence-electron chi connectivity index (χ4n) is 6.63. The van der Waals surface area contributed by atoms with E-state index < -0.39 is 0 Å². The average Bonchev–Trinajstić information content (AvgIpc) is 3.46. The van der Waals surface area contributed by atoms with E-state index in [2.05, 4.69) is 130 Å². The Morgan fingerprint density at radius 3 is 1.61 bits per heavy atom.